The highest BCUT2D eigenvalue weighted by atomic mass is 16.2. The number of hydrogen-bond donors (Lipinski definition) is 1. The summed E-state index contributed by atoms with van der Waals surface area (Å²) in [7, 11) is 0. The zero-order valence-electron chi connectivity index (χ0n) is 11.0. The number of carbonyl (C=O) groups excluding carboxylic acids is 1. The largest absolute Gasteiger partial charge is 0.338 e. The van der Waals surface area contributed by atoms with E-state index < -0.39 is 0 Å². The smallest absolute Gasteiger partial charge is 0.317 e. The van der Waals surface area contributed by atoms with Crippen molar-refractivity contribution in [1.82, 2.24) is 10.2 Å². The second-order valence-electron chi connectivity index (χ2n) is 6.68. The SMILES string of the molecule is CCNC(=O)N1C[C@]2(C)C[C@H]1CC(C)(C)C2. The van der Waals surface area contributed by atoms with Crippen molar-refractivity contribution in [3.05, 3.63) is 0 Å². The molecular weight excluding hydrogens is 200 g/mol. The van der Waals surface area contributed by atoms with Crippen LogP contribution in [0.3, 0.4) is 0 Å². The van der Waals surface area contributed by atoms with Gasteiger partial charge in [-0.1, -0.05) is 20.8 Å². The van der Waals surface area contributed by atoms with Gasteiger partial charge < -0.3 is 10.2 Å². The molecule has 1 N–H and O–H groups in total. The van der Waals surface area contributed by atoms with E-state index in [0.29, 0.717) is 16.9 Å². The molecule has 0 aromatic rings. The molecule has 2 fully saturated rings. The predicted molar refractivity (Wildman–Crippen MR) is 65.3 cm³/mol. The van der Waals surface area contributed by atoms with Crippen LogP contribution in [0, 0.1) is 10.8 Å². The molecule has 1 aliphatic carbocycles. The van der Waals surface area contributed by atoms with Crippen LogP contribution in [0.15, 0.2) is 0 Å². The molecule has 0 radical (unpaired) electrons. The van der Waals surface area contributed by atoms with Crippen LogP contribution in [-0.2, 0) is 0 Å². The first kappa shape index (κ1) is 11.7. The summed E-state index contributed by atoms with van der Waals surface area (Å²) in [6.07, 6.45) is 3.58. The van der Waals surface area contributed by atoms with Gasteiger partial charge in [0.1, 0.15) is 0 Å². The molecule has 0 aromatic heterocycles. The third-order valence-electron chi connectivity index (χ3n) is 4.00. The van der Waals surface area contributed by atoms with Crippen LogP contribution in [0.1, 0.15) is 47.0 Å². The first-order valence-electron chi connectivity index (χ1n) is 6.40. The highest BCUT2D eigenvalue weighted by molar-refractivity contribution is 5.75. The molecule has 16 heavy (non-hydrogen) atoms. The average molecular weight is 224 g/mol. The van der Waals surface area contributed by atoms with Gasteiger partial charge in [-0.15, -0.1) is 0 Å². The maximum Gasteiger partial charge on any atom is 0.317 e. The molecule has 3 heteroatoms. The second-order valence-corrected chi connectivity index (χ2v) is 6.68. The fourth-order valence-electron chi connectivity index (χ4n) is 3.95. The fraction of sp³-hybridized carbons (Fsp3) is 0.923. The number of carbonyl (C=O) groups is 1. The summed E-state index contributed by atoms with van der Waals surface area (Å²) >= 11 is 0. The van der Waals surface area contributed by atoms with E-state index in [0.717, 1.165) is 19.5 Å². The number of nitrogens with one attached hydrogen (secondary N) is 1. The number of nitrogens with zero attached hydrogens (tertiary/aromatic N) is 1. The van der Waals surface area contributed by atoms with E-state index in [4.69, 9.17) is 0 Å². The number of likely N-dealkylation sites (tertiary alicyclic amines) is 1. The van der Waals surface area contributed by atoms with E-state index in [9.17, 15) is 4.79 Å². The molecule has 0 aromatic carbocycles. The lowest BCUT2D eigenvalue weighted by Gasteiger charge is -2.39. The van der Waals surface area contributed by atoms with Crippen LogP contribution in [0.4, 0.5) is 4.79 Å². The molecule has 1 aliphatic heterocycles. The Morgan fingerprint density at radius 1 is 1.38 bits per heavy atom. The molecular formula is C13H24N2O. The first-order valence-corrected chi connectivity index (χ1v) is 6.40. The van der Waals surface area contributed by atoms with Gasteiger partial charge in [0.05, 0.1) is 0 Å². The molecule has 92 valence electrons. The van der Waals surface area contributed by atoms with Gasteiger partial charge in [-0.3, -0.25) is 0 Å². The summed E-state index contributed by atoms with van der Waals surface area (Å²) in [5.74, 6) is 0. The van der Waals surface area contributed by atoms with Crippen molar-refractivity contribution < 1.29 is 4.79 Å². The van der Waals surface area contributed by atoms with Crippen molar-refractivity contribution >= 4 is 6.03 Å². The van der Waals surface area contributed by atoms with Gasteiger partial charge in [0.25, 0.3) is 0 Å². The lowest BCUT2D eigenvalue weighted by atomic mass is 9.65. The summed E-state index contributed by atoms with van der Waals surface area (Å²) in [5, 5.41) is 2.93. The van der Waals surface area contributed by atoms with Crippen LogP contribution >= 0.6 is 0 Å². The van der Waals surface area contributed by atoms with Crippen molar-refractivity contribution in [2.75, 3.05) is 13.1 Å². The summed E-state index contributed by atoms with van der Waals surface area (Å²) in [5.41, 5.74) is 0.733. The van der Waals surface area contributed by atoms with Crippen molar-refractivity contribution in [3.8, 4) is 0 Å². The van der Waals surface area contributed by atoms with Gasteiger partial charge in [-0.2, -0.15) is 0 Å². The van der Waals surface area contributed by atoms with E-state index in [2.05, 4.69) is 31.0 Å². The molecule has 2 rings (SSSR count). The Balaban J connectivity index is 2.13. The van der Waals surface area contributed by atoms with Crippen LogP contribution in [0.5, 0.6) is 0 Å². The molecule has 1 saturated carbocycles. The zero-order valence-corrected chi connectivity index (χ0v) is 11.0. The first-order chi connectivity index (χ1) is 7.35. The van der Waals surface area contributed by atoms with E-state index in [1.807, 2.05) is 6.92 Å². The molecule has 2 atom stereocenters. The number of hydrogen-bond acceptors (Lipinski definition) is 1. The molecule has 2 aliphatic rings. The Hall–Kier alpha value is -0.730. The third-order valence-corrected chi connectivity index (χ3v) is 4.00. The number of urea groups is 1. The minimum Gasteiger partial charge on any atom is -0.338 e. The van der Waals surface area contributed by atoms with Gasteiger partial charge >= 0.3 is 6.03 Å². The van der Waals surface area contributed by atoms with Gasteiger partial charge in [-0.05, 0) is 37.0 Å². The average Bonchev–Trinajstić information content (AvgIpc) is 2.35. The maximum atomic E-state index is 12.0. The highest BCUT2D eigenvalue weighted by Gasteiger charge is 2.50. The minimum absolute atomic E-state index is 0.133. The molecule has 3 nitrogen and oxygen atoms in total. The Morgan fingerprint density at radius 3 is 2.69 bits per heavy atom. The number of amides is 2. The lowest BCUT2D eigenvalue weighted by Crippen LogP contribution is -2.43. The van der Waals surface area contributed by atoms with Crippen LogP contribution in [0.2, 0.25) is 0 Å². The molecule has 0 spiro atoms. The van der Waals surface area contributed by atoms with Gasteiger partial charge in [-0.25, -0.2) is 4.79 Å². The predicted octanol–water partition coefficient (Wildman–Crippen LogP) is 2.62. The van der Waals surface area contributed by atoms with E-state index in [1.54, 1.807) is 0 Å². The van der Waals surface area contributed by atoms with Crippen molar-refractivity contribution in [3.63, 3.8) is 0 Å². The zero-order chi connectivity index (χ0) is 12.0. The third kappa shape index (κ3) is 2.04. The number of fused-ring (bicyclic) bond motifs is 2. The fourth-order valence-corrected chi connectivity index (χ4v) is 3.95. The number of rotatable bonds is 1. The summed E-state index contributed by atoms with van der Waals surface area (Å²) < 4.78 is 0. The molecule has 1 heterocycles. The van der Waals surface area contributed by atoms with Crippen molar-refractivity contribution in [2.24, 2.45) is 10.8 Å². The summed E-state index contributed by atoms with van der Waals surface area (Å²) in [6, 6.07) is 0.592. The van der Waals surface area contributed by atoms with Crippen LogP contribution in [-0.4, -0.2) is 30.1 Å². The molecule has 0 unspecified atom stereocenters. The van der Waals surface area contributed by atoms with Gasteiger partial charge in [0, 0.05) is 19.1 Å². The van der Waals surface area contributed by atoms with E-state index in [1.165, 1.54) is 12.8 Å². The quantitative estimate of drug-likeness (QED) is 0.729. The standard InChI is InChI=1S/C13H24N2O/c1-5-14-11(16)15-9-13(4)7-10(15)6-12(2,3)8-13/h10H,5-9H2,1-4H3,(H,14,16)/t10-,13-/m1/s1. The normalized spacial score (nSPS) is 36.2. The maximum absolute atomic E-state index is 12.0. The Morgan fingerprint density at radius 2 is 2.06 bits per heavy atom. The van der Waals surface area contributed by atoms with Crippen molar-refractivity contribution in [2.45, 2.75) is 53.0 Å². The van der Waals surface area contributed by atoms with Gasteiger partial charge in [0.2, 0.25) is 0 Å². The van der Waals surface area contributed by atoms with E-state index in [-0.39, 0.29) is 6.03 Å². The monoisotopic (exact) mass is 224 g/mol. The van der Waals surface area contributed by atoms with Crippen LogP contribution < -0.4 is 5.32 Å². The minimum atomic E-state index is 0.133. The second kappa shape index (κ2) is 3.64. The summed E-state index contributed by atoms with van der Waals surface area (Å²) in [4.78, 5) is 14.0. The van der Waals surface area contributed by atoms with Crippen molar-refractivity contribution in [1.29, 1.82) is 0 Å². The highest BCUT2D eigenvalue weighted by Crippen LogP contribution is 2.52. The lowest BCUT2D eigenvalue weighted by molar-refractivity contribution is 0.129. The van der Waals surface area contributed by atoms with E-state index >= 15 is 0 Å². The topological polar surface area (TPSA) is 32.3 Å². The Kier molecular flexibility index (Phi) is 2.67. The molecule has 2 bridgehead atoms. The molecule has 1 saturated heterocycles. The Bertz CT molecular complexity index is 300. The Labute approximate surface area is 98.6 Å². The van der Waals surface area contributed by atoms with Gasteiger partial charge in [0.15, 0.2) is 0 Å². The van der Waals surface area contributed by atoms with Crippen LogP contribution in [0.25, 0.3) is 0 Å². The molecule has 2 amide bonds. The summed E-state index contributed by atoms with van der Waals surface area (Å²) in [6.45, 7) is 10.6.